The Morgan fingerprint density at radius 2 is 2.18 bits per heavy atom. The Kier molecular flexibility index (Phi) is 4.08. The summed E-state index contributed by atoms with van der Waals surface area (Å²) >= 11 is 0. The van der Waals surface area contributed by atoms with Crippen molar-refractivity contribution in [2.45, 2.75) is 38.1 Å². The topological polar surface area (TPSA) is 82.6 Å². The number of hydrogen-bond donors (Lipinski definition) is 3. The summed E-state index contributed by atoms with van der Waals surface area (Å²) in [6.07, 6.45) is 4.25. The lowest BCUT2D eigenvalue weighted by molar-refractivity contribution is -0.121. The molecule has 2 amide bonds. The van der Waals surface area contributed by atoms with Crippen LogP contribution in [-0.2, 0) is 9.59 Å². The molecule has 94 valence electrons. The molecule has 0 radical (unpaired) electrons. The molecule has 1 fully saturated rings. The van der Waals surface area contributed by atoms with Crippen molar-refractivity contribution in [3.8, 4) is 0 Å². The van der Waals surface area contributed by atoms with Gasteiger partial charge < -0.3 is 10.6 Å². The zero-order valence-corrected chi connectivity index (χ0v) is 9.79. The van der Waals surface area contributed by atoms with E-state index in [0.29, 0.717) is 31.1 Å². The lowest BCUT2D eigenvalue weighted by Crippen LogP contribution is -2.37. The predicted octanol–water partition coefficient (Wildman–Crippen LogP) is -0.489. The third kappa shape index (κ3) is 4.14. The largest absolute Gasteiger partial charge is 0.351 e. The van der Waals surface area contributed by atoms with Gasteiger partial charge in [-0.05, 0) is 25.8 Å². The molecule has 0 aromatic heterocycles. The molecular weight excluding hydrogens is 220 g/mol. The van der Waals surface area contributed by atoms with Crippen molar-refractivity contribution in [1.29, 1.82) is 0 Å². The maximum Gasteiger partial charge on any atom is 0.267 e. The number of rotatable bonds is 6. The van der Waals surface area contributed by atoms with Crippen molar-refractivity contribution in [2.24, 2.45) is 5.10 Å². The molecule has 1 heterocycles. The molecular formula is C11H18N4O2. The Morgan fingerprint density at radius 3 is 2.82 bits per heavy atom. The number of nitrogens with one attached hydrogen (secondary N) is 3. The van der Waals surface area contributed by atoms with Gasteiger partial charge in [-0.25, -0.2) is 5.43 Å². The molecule has 0 spiro atoms. The van der Waals surface area contributed by atoms with Crippen LogP contribution in [0.5, 0.6) is 0 Å². The molecule has 1 saturated carbocycles. The van der Waals surface area contributed by atoms with Gasteiger partial charge in [0, 0.05) is 25.4 Å². The van der Waals surface area contributed by atoms with E-state index in [2.05, 4.69) is 21.2 Å². The molecule has 0 bridgehead atoms. The van der Waals surface area contributed by atoms with E-state index in [9.17, 15) is 9.59 Å². The fourth-order valence-electron chi connectivity index (χ4n) is 1.62. The van der Waals surface area contributed by atoms with Crippen LogP contribution in [0.1, 0.15) is 32.1 Å². The minimum absolute atomic E-state index is 0.129. The van der Waals surface area contributed by atoms with Gasteiger partial charge in [0.25, 0.3) is 5.91 Å². The zero-order valence-electron chi connectivity index (χ0n) is 9.79. The monoisotopic (exact) mass is 238 g/mol. The van der Waals surface area contributed by atoms with Crippen LogP contribution < -0.4 is 16.1 Å². The van der Waals surface area contributed by atoms with Crippen LogP contribution in [0, 0.1) is 0 Å². The van der Waals surface area contributed by atoms with Gasteiger partial charge in [-0.3, -0.25) is 9.59 Å². The van der Waals surface area contributed by atoms with Crippen molar-refractivity contribution in [3.63, 3.8) is 0 Å². The number of hydrogen-bond acceptors (Lipinski definition) is 4. The van der Waals surface area contributed by atoms with E-state index in [-0.39, 0.29) is 11.8 Å². The number of amides is 2. The highest BCUT2D eigenvalue weighted by Crippen LogP contribution is 2.18. The molecule has 2 aliphatic rings. The van der Waals surface area contributed by atoms with E-state index in [1.807, 2.05) is 0 Å². The zero-order chi connectivity index (χ0) is 12.1. The average molecular weight is 238 g/mol. The van der Waals surface area contributed by atoms with Crippen LogP contribution in [0.2, 0.25) is 0 Å². The maximum absolute atomic E-state index is 11.6. The lowest BCUT2D eigenvalue weighted by Gasteiger charge is -2.11. The smallest absolute Gasteiger partial charge is 0.267 e. The van der Waals surface area contributed by atoms with Gasteiger partial charge in [0.15, 0.2) is 0 Å². The van der Waals surface area contributed by atoms with Gasteiger partial charge in [-0.15, -0.1) is 0 Å². The van der Waals surface area contributed by atoms with Crippen molar-refractivity contribution in [3.05, 3.63) is 0 Å². The maximum atomic E-state index is 11.6. The van der Waals surface area contributed by atoms with Gasteiger partial charge in [-0.1, -0.05) is 0 Å². The summed E-state index contributed by atoms with van der Waals surface area (Å²) in [5, 5.41) is 9.91. The Hall–Kier alpha value is -1.43. The molecule has 2 rings (SSSR count). The average Bonchev–Trinajstić information content (AvgIpc) is 3.13. The molecule has 0 unspecified atom stereocenters. The van der Waals surface area contributed by atoms with Crippen molar-refractivity contribution < 1.29 is 9.59 Å². The normalized spacial score (nSPS) is 19.5. The Bertz CT molecular complexity index is 336. The fourth-order valence-corrected chi connectivity index (χ4v) is 1.62. The van der Waals surface area contributed by atoms with E-state index in [1.165, 1.54) is 12.8 Å². The molecule has 0 aromatic carbocycles. The SMILES string of the molecule is O=C1CCC(C(=O)NCCCNC2CC2)=NN1. The van der Waals surface area contributed by atoms with Gasteiger partial charge in [-0.2, -0.15) is 5.10 Å². The minimum atomic E-state index is -0.170. The number of carbonyl (C=O) groups excluding carboxylic acids is 2. The third-order valence-electron chi connectivity index (χ3n) is 2.82. The van der Waals surface area contributed by atoms with Gasteiger partial charge in [0.2, 0.25) is 5.91 Å². The first-order chi connectivity index (χ1) is 8.25. The van der Waals surface area contributed by atoms with Crippen LogP contribution in [-0.4, -0.2) is 36.7 Å². The second kappa shape index (κ2) is 5.77. The van der Waals surface area contributed by atoms with Crippen LogP contribution in [0.3, 0.4) is 0 Å². The number of hydrazone groups is 1. The Balaban J connectivity index is 1.58. The molecule has 1 aliphatic carbocycles. The minimum Gasteiger partial charge on any atom is -0.351 e. The Morgan fingerprint density at radius 1 is 1.35 bits per heavy atom. The summed E-state index contributed by atoms with van der Waals surface area (Å²) in [5.41, 5.74) is 2.73. The van der Waals surface area contributed by atoms with Crippen molar-refractivity contribution in [1.82, 2.24) is 16.1 Å². The molecule has 1 aliphatic heterocycles. The first-order valence-corrected chi connectivity index (χ1v) is 6.12. The number of carbonyl (C=O) groups is 2. The van der Waals surface area contributed by atoms with E-state index in [4.69, 9.17) is 0 Å². The first-order valence-electron chi connectivity index (χ1n) is 6.12. The number of nitrogens with zero attached hydrogens (tertiary/aromatic N) is 1. The second-order valence-electron chi connectivity index (χ2n) is 4.43. The van der Waals surface area contributed by atoms with Crippen LogP contribution >= 0.6 is 0 Å². The fraction of sp³-hybridized carbons (Fsp3) is 0.727. The summed E-state index contributed by atoms with van der Waals surface area (Å²) < 4.78 is 0. The van der Waals surface area contributed by atoms with E-state index >= 15 is 0 Å². The van der Waals surface area contributed by atoms with Crippen molar-refractivity contribution >= 4 is 17.5 Å². The van der Waals surface area contributed by atoms with E-state index < -0.39 is 0 Å². The molecule has 0 aromatic rings. The molecule has 3 N–H and O–H groups in total. The van der Waals surface area contributed by atoms with Crippen LogP contribution in [0.4, 0.5) is 0 Å². The quantitative estimate of drug-likeness (QED) is 0.546. The molecule has 6 nitrogen and oxygen atoms in total. The summed E-state index contributed by atoms with van der Waals surface area (Å²) in [6.45, 7) is 1.58. The second-order valence-corrected chi connectivity index (χ2v) is 4.43. The molecule has 0 atom stereocenters. The van der Waals surface area contributed by atoms with Gasteiger partial charge in [0.05, 0.1) is 0 Å². The summed E-state index contributed by atoms with van der Waals surface area (Å²) in [6, 6.07) is 0.712. The summed E-state index contributed by atoms with van der Waals surface area (Å²) in [5.74, 6) is -0.299. The lowest BCUT2D eigenvalue weighted by atomic mass is 10.1. The molecule has 17 heavy (non-hydrogen) atoms. The van der Waals surface area contributed by atoms with E-state index in [0.717, 1.165) is 13.0 Å². The highest BCUT2D eigenvalue weighted by atomic mass is 16.2. The standard InChI is InChI=1S/C11H18N4O2/c16-10-5-4-9(14-15-10)11(17)13-7-1-6-12-8-2-3-8/h8,12H,1-7H2,(H,13,17)(H,15,16). The van der Waals surface area contributed by atoms with Crippen LogP contribution in [0.15, 0.2) is 5.10 Å². The first kappa shape index (κ1) is 12.0. The van der Waals surface area contributed by atoms with Gasteiger partial charge in [0.1, 0.15) is 5.71 Å². The Labute approximate surface area is 100 Å². The van der Waals surface area contributed by atoms with Gasteiger partial charge >= 0.3 is 0 Å². The van der Waals surface area contributed by atoms with Crippen molar-refractivity contribution in [2.75, 3.05) is 13.1 Å². The third-order valence-corrected chi connectivity index (χ3v) is 2.82. The van der Waals surface area contributed by atoms with E-state index in [1.54, 1.807) is 0 Å². The summed E-state index contributed by atoms with van der Waals surface area (Å²) in [4.78, 5) is 22.4. The predicted molar refractivity (Wildman–Crippen MR) is 63.5 cm³/mol. The summed E-state index contributed by atoms with van der Waals surface area (Å²) in [7, 11) is 0. The highest BCUT2D eigenvalue weighted by Gasteiger charge is 2.20. The molecule has 0 saturated heterocycles. The van der Waals surface area contributed by atoms with Crippen LogP contribution in [0.25, 0.3) is 0 Å². The molecule has 6 heteroatoms. The highest BCUT2D eigenvalue weighted by molar-refractivity contribution is 6.39.